The number of hydrogen-bond acceptors (Lipinski definition) is 4. The van der Waals surface area contributed by atoms with Crippen molar-refractivity contribution in [2.75, 3.05) is 32.7 Å². The van der Waals surface area contributed by atoms with Crippen LogP contribution in [0.3, 0.4) is 0 Å². The van der Waals surface area contributed by atoms with Crippen molar-refractivity contribution in [1.82, 2.24) is 15.1 Å². The minimum absolute atomic E-state index is 0.000139. The van der Waals surface area contributed by atoms with Crippen molar-refractivity contribution in [2.45, 2.75) is 18.9 Å². The van der Waals surface area contributed by atoms with Gasteiger partial charge in [0, 0.05) is 38.1 Å². The van der Waals surface area contributed by atoms with Gasteiger partial charge >= 0.3 is 0 Å². The molecule has 1 aromatic rings. The van der Waals surface area contributed by atoms with Gasteiger partial charge in [0.15, 0.2) is 0 Å². The second-order valence-corrected chi connectivity index (χ2v) is 8.18. The van der Waals surface area contributed by atoms with Crippen molar-refractivity contribution < 1.29 is 9.59 Å². The number of carbonyl (C=O) groups is 2. The zero-order chi connectivity index (χ0) is 14.8. The summed E-state index contributed by atoms with van der Waals surface area (Å²) in [5.41, 5.74) is 0.712. The van der Waals surface area contributed by atoms with Crippen LogP contribution in [-0.2, 0) is 4.79 Å². The Hall–Kier alpha value is -0.670. The zero-order valence-corrected chi connectivity index (χ0v) is 14.7. The summed E-state index contributed by atoms with van der Waals surface area (Å²) in [6, 6.07) is 1.63. The minimum atomic E-state index is -0.270. The van der Waals surface area contributed by atoms with Crippen LogP contribution in [-0.4, -0.2) is 60.4 Å². The first-order chi connectivity index (χ1) is 10.2. The molecular weight excluding hydrogens is 401 g/mol. The number of hydrogen-bond donors (Lipinski definition) is 1. The second kappa shape index (κ2) is 6.62. The molecule has 1 aromatic heterocycles. The molecule has 0 bridgehead atoms. The van der Waals surface area contributed by atoms with Crippen LogP contribution in [0.4, 0.5) is 0 Å². The van der Waals surface area contributed by atoms with Gasteiger partial charge in [0.05, 0.1) is 8.45 Å². The molecule has 0 aliphatic carbocycles. The first kappa shape index (κ1) is 15.2. The Morgan fingerprint density at radius 3 is 2.71 bits per heavy atom. The van der Waals surface area contributed by atoms with Crippen LogP contribution in [0.25, 0.3) is 0 Å². The van der Waals surface area contributed by atoms with Crippen molar-refractivity contribution in [3.05, 3.63) is 19.9 Å². The predicted molar refractivity (Wildman–Crippen MR) is 90.5 cm³/mol. The third kappa shape index (κ3) is 3.24. The number of halogens is 1. The van der Waals surface area contributed by atoms with Gasteiger partial charge in [-0.3, -0.25) is 9.59 Å². The van der Waals surface area contributed by atoms with E-state index in [1.54, 1.807) is 16.2 Å². The number of rotatable bonds is 2. The molecule has 2 aliphatic heterocycles. The Balaban J connectivity index is 1.72. The largest absolute Gasteiger partial charge is 0.338 e. The van der Waals surface area contributed by atoms with Gasteiger partial charge in [0.2, 0.25) is 5.91 Å². The van der Waals surface area contributed by atoms with Crippen molar-refractivity contribution in [2.24, 2.45) is 0 Å². The third-order valence-corrected chi connectivity index (χ3v) is 5.83. The van der Waals surface area contributed by atoms with Crippen molar-refractivity contribution in [1.29, 1.82) is 0 Å². The summed E-state index contributed by atoms with van der Waals surface area (Å²) in [6.45, 7) is 3.86. The Kier molecular flexibility index (Phi) is 4.80. The third-order valence-electron chi connectivity index (χ3n) is 4.04. The zero-order valence-electron chi connectivity index (χ0n) is 11.7. The number of amides is 2. The number of thiophene rings is 1. The first-order valence-corrected chi connectivity index (χ1v) is 9.17. The molecule has 2 fully saturated rings. The Labute approximate surface area is 141 Å². The maximum atomic E-state index is 12.7. The molecule has 114 valence electrons. The van der Waals surface area contributed by atoms with Crippen LogP contribution in [0.5, 0.6) is 0 Å². The highest BCUT2D eigenvalue weighted by molar-refractivity contribution is 14.1. The lowest BCUT2D eigenvalue weighted by Crippen LogP contribution is -2.53. The van der Waals surface area contributed by atoms with Crippen molar-refractivity contribution >= 4 is 45.7 Å². The highest BCUT2D eigenvalue weighted by Crippen LogP contribution is 2.24. The van der Waals surface area contributed by atoms with Gasteiger partial charge in [-0.25, -0.2) is 0 Å². The van der Waals surface area contributed by atoms with Gasteiger partial charge < -0.3 is 15.1 Å². The van der Waals surface area contributed by atoms with Gasteiger partial charge in [-0.2, -0.15) is 0 Å². The molecule has 2 amide bonds. The van der Waals surface area contributed by atoms with E-state index in [0.717, 1.165) is 41.9 Å². The molecule has 1 N–H and O–H groups in total. The predicted octanol–water partition coefficient (Wildman–Crippen LogP) is 1.39. The highest BCUT2D eigenvalue weighted by Gasteiger charge is 2.37. The molecule has 2 aliphatic rings. The lowest BCUT2D eigenvalue weighted by atomic mass is 10.1. The Morgan fingerprint density at radius 2 is 2.05 bits per heavy atom. The summed E-state index contributed by atoms with van der Waals surface area (Å²) in [4.78, 5) is 28.9. The first-order valence-electron chi connectivity index (χ1n) is 7.21. The maximum Gasteiger partial charge on any atom is 0.255 e. The topological polar surface area (TPSA) is 52.7 Å². The standard InChI is InChI=1S/C14H18IN3O2S/c15-12-8-10(9-21-12)13(19)18-5-1-2-11(18)14(20)17-6-3-16-4-7-17/h8-9,11,16H,1-7H2. The molecule has 5 nitrogen and oxygen atoms in total. The highest BCUT2D eigenvalue weighted by atomic mass is 127. The average molecular weight is 419 g/mol. The fraction of sp³-hybridized carbons (Fsp3) is 0.571. The second-order valence-electron chi connectivity index (χ2n) is 5.37. The number of nitrogens with one attached hydrogen (secondary N) is 1. The molecule has 21 heavy (non-hydrogen) atoms. The van der Waals surface area contributed by atoms with E-state index in [4.69, 9.17) is 0 Å². The van der Waals surface area contributed by atoms with Crippen LogP contribution >= 0.6 is 33.9 Å². The minimum Gasteiger partial charge on any atom is -0.338 e. The summed E-state index contributed by atoms with van der Waals surface area (Å²) in [7, 11) is 0. The molecule has 1 unspecified atom stereocenters. The number of likely N-dealkylation sites (tertiary alicyclic amines) is 1. The van der Waals surface area contributed by atoms with Gasteiger partial charge in [0.1, 0.15) is 6.04 Å². The fourth-order valence-electron chi connectivity index (χ4n) is 2.95. The van der Waals surface area contributed by atoms with E-state index < -0.39 is 0 Å². The lowest BCUT2D eigenvalue weighted by Gasteiger charge is -2.32. The molecule has 1 atom stereocenters. The van der Waals surface area contributed by atoms with Crippen LogP contribution in [0.15, 0.2) is 11.4 Å². The number of piperazine rings is 1. The molecule has 2 saturated heterocycles. The molecule has 7 heteroatoms. The van der Waals surface area contributed by atoms with Crippen molar-refractivity contribution in [3.8, 4) is 0 Å². The summed E-state index contributed by atoms with van der Waals surface area (Å²) < 4.78 is 1.10. The maximum absolute atomic E-state index is 12.7. The van der Waals surface area contributed by atoms with E-state index in [2.05, 4.69) is 27.9 Å². The number of nitrogens with zero attached hydrogens (tertiary/aromatic N) is 2. The van der Waals surface area contributed by atoms with Gasteiger partial charge in [-0.15, -0.1) is 11.3 Å². The van der Waals surface area contributed by atoms with E-state index >= 15 is 0 Å². The molecular formula is C14H18IN3O2S. The molecule has 0 radical (unpaired) electrons. The summed E-state index contributed by atoms with van der Waals surface area (Å²) in [6.07, 6.45) is 1.70. The Bertz CT molecular complexity index is 542. The smallest absolute Gasteiger partial charge is 0.255 e. The van der Waals surface area contributed by atoms with Crippen molar-refractivity contribution in [3.63, 3.8) is 0 Å². The lowest BCUT2D eigenvalue weighted by molar-refractivity contribution is -0.135. The number of carbonyl (C=O) groups excluding carboxylic acids is 2. The van der Waals surface area contributed by atoms with Gasteiger partial charge in [0.25, 0.3) is 5.91 Å². The van der Waals surface area contributed by atoms with Crippen LogP contribution < -0.4 is 5.32 Å². The average Bonchev–Trinajstić information content (AvgIpc) is 3.15. The van der Waals surface area contributed by atoms with Gasteiger partial charge in [-0.05, 0) is 41.5 Å². The molecule has 0 spiro atoms. The Morgan fingerprint density at radius 1 is 1.29 bits per heavy atom. The summed E-state index contributed by atoms with van der Waals surface area (Å²) in [5.74, 6) is 0.118. The fourth-order valence-corrected chi connectivity index (χ4v) is 4.27. The van der Waals surface area contributed by atoms with Gasteiger partial charge in [-0.1, -0.05) is 0 Å². The monoisotopic (exact) mass is 419 g/mol. The van der Waals surface area contributed by atoms with Crippen LogP contribution in [0, 0.1) is 2.88 Å². The molecule has 3 heterocycles. The van der Waals surface area contributed by atoms with E-state index in [0.29, 0.717) is 12.1 Å². The molecule has 3 rings (SSSR count). The van der Waals surface area contributed by atoms with Crippen LogP contribution in [0.2, 0.25) is 0 Å². The van der Waals surface area contributed by atoms with E-state index in [-0.39, 0.29) is 17.9 Å². The normalized spacial score (nSPS) is 22.6. The quantitative estimate of drug-likeness (QED) is 0.738. The molecule has 0 saturated carbocycles. The van der Waals surface area contributed by atoms with E-state index in [9.17, 15) is 9.59 Å². The SMILES string of the molecule is O=C(C1CCCN1C(=O)c1csc(I)c1)N1CCNCC1. The molecule has 0 aromatic carbocycles. The van der Waals surface area contributed by atoms with E-state index in [1.807, 2.05) is 16.3 Å². The van der Waals surface area contributed by atoms with Crippen LogP contribution in [0.1, 0.15) is 23.2 Å². The summed E-state index contributed by atoms with van der Waals surface area (Å²) in [5, 5.41) is 5.13. The summed E-state index contributed by atoms with van der Waals surface area (Å²) >= 11 is 3.78. The van der Waals surface area contributed by atoms with E-state index in [1.165, 1.54) is 0 Å².